The highest BCUT2D eigenvalue weighted by molar-refractivity contribution is 5.71. The number of ether oxygens (including phenoxy) is 1. The largest absolute Gasteiger partial charge is 0.463 e. The van der Waals surface area contributed by atoms with E-state index in [0.29, 0.717) is 6.42 Å². The molecule has 0 bridgehead atoms. The van der Waals surface area contributed by atoms with E-state index in [4.69, 9.17) is 10.5 Å². The third-order valence-corrected chi connectivity index (χ3v) is 3.64. The Hall–Kier alpha value is -0.570. The van der Waals surface area contributed by atoms with Gasteiger partial charge in [-0.1, -0.05) is 26.2 Å². The maximum atomic E-state index is 11.6. The highest BCUT2D eigenvalue weighted by Crippen LogP contribution is 2.32. The molecule has 1 aliphatic carbocycles. The van der Waals surface area contributed by atoms with Crippen molar-refractivity contribution in [1.29, 1.82) is 0 Å². The molecule has 0 heterocycles. The van der Waals surface area contributed by atoms with E-state index in [2.05, 4.69) is 6.92 Å². The summed E-state index contributed by atoms with van der Waals surface area (Å²) in [7, 11) is 0. The van der Waals surface area contributed by atoms with Crippen molar-refractivity contribution < 1.29 is 9.53 Å². The molecule has 1 fully saturated rings. The Balaban J connectivity index is 2.08. The van der Waals surface area contributed by atoms with Crippen LogP contribution >= 0.6 is 0 Å². The molecule has 1 atom stereocenters. The Bertz CT molecular complexity index is 236. The van der Waals surface area contributed by atoms with E-state index in [0.717, 1.165) is 32.1 Å². The molecule has 0 amide bonds. The van der Waals surface area contributed by atoms with Crippen molar-refractivity contribution in [3.63, 3.8) is 0 Å². The minimum absolute atomic E-state index is 0.0445. The fourth-order valence-electron chi connectivity index (χ4n) is 2.28. The lowest BCUT2D eigenvalue weighted by atomic mass is 9.75. The van der Waals surface area contributed by atoms with Crippen LogP contribution in [-0.2, 0) is 9.53 Å². The minimum Gasteiger partial charge on any atom is -0.463 e. The lowest BCUT2D eigenvalue weighted by Gasteiger charge is -2.37. The highest BCUT2D eigenvalue weighted by Gasteiger charge is 2.35. The molecule has 0 saturated heterocycles. The maximum Gasteiger partial charge on any atom is 0.307 e. The van der Waals surface area contributed by atoms with Crippen LogP contribution < -0.4 is 5.73 Å². The Labute approximate surface area is 105 Å². The van der Waals surface area contributed by atoms with Gasteiger partial charge in [0, 0.05) is 5.54 Å². The first-order chi connectivity index (χ1) is 8.06. The molecule has 3 heteroatoms. The van der Waals surface area contributed by atoms with Crippen molar-refractivity contribution in [2.75, 3.05) is 0 Å². The number of carbonyl (C=O) groups is 1. The molecular weight excluding hydrogens is 214 g/mol. The normalized spacial score (nSPS) is 19.5. The zero-order chi connectivity index (χ0) is 12.7. The number of hydrogen-bond acceptors (Lipinski definition) is 3. The van der Waals surface area contributed by atoms with E-state index in [1.165, 1.54) is 19.3 Å². The van der Waals surface area contributed by atoms with Gasteiger partial charge in [-0.15, -0.1) is 0 Å². The van der Waals surface area contributed by atoms with Crippen molar-refractivity contribution in [3.05, 3.63) is 0 Å². The summed E-state index contributed by atoms with van der Waals surface area (Å²) in [5.74, 6) is -0.116. The molecule has 0 aromatic rings. The van der Waals surface area contributed by atoms with E-state index < -0.39 is 0 Å². The van der Waals surface area contributed by atoms with E-state index in [-0.39, 0.29) is 17.6 Å². The molecule has 17 heavy (non-hydrogen) atoms. The Kier molecular flexibility index (Phi) is 5.96. The average molecular weight is 241 g/mol. The monoisotopic (exact) mass is 241 g/mol. The highest BCUT2D eigenvalue weighted by atomic mass is 16.5. The van der Waals surface area contributed by atoms with Crippen molar-refractivity contribution in [1.82, 2.24) is 0 Å². The molecule has 0 radical (unpaired) electrons. The van der Waals surface area contributed by atoms with E-state index >= 15 is 0 Å². The summed E-state index contributed by atoms with van der Waals surface area (Å²) in [4.78, 5) is 11.6. The van der Waals surface area contributed by atoms with Crippen LogP contribution in [0, 0.1) is 0 Å². The van der Waals surface area contributed by atoms with Gasteiger partial charge in [-0.2, -0.15) is 0 Å². The zero-order valence-corrected chi connectivity index (χ0v) is 11.3. The van der Waals surface area contributed by atoms with Crippen LogP contribution in [0.1, 0.15) is 71.6 Å². The molecule has 2 N–H and O–H groups in total. The smallest absolute Gasteiger partial charge is 0.307 e. The van der Waals surface area contributed by atoms with E-state index in [1.807, 2.05) is 6.92 Å². The Morgan fingerprint density at radius 1 is 1.35 bits per heavy atom. The summed E-state index contributed by atoms with van der Waals surface area (Å²) in [5, 5.41) is 0. The van der Waals surface area contributed by atoms with Crippen molar-refractivity contribution in [2.24, 2.45) is 5.73 Å². The molecule has 0 spiro atoms. The van der Waals surface area contributed by atoms with Crippen LogP contribution in [0.4, 0.5) is 0 Å². The fraction of sp³-hybridized carbons (Fsp3) is 0.929. The minimum atomic E-state index is -0.251. The molecule has 0 aromatic heterocycles. The molecule has 1 saturated carbocycles. The predicted molar refractivity (Wildman–Crippen MR) is 69.7 cm³/mol. The van der Waals surface area contributed by atoms with Crippen LogP contribution in [0.5, 0.6) is 0 Å². The lowest BCUT2D eigenvalue weighted by molar-refractivity contribution is -0.150. The second-order valence-corrected chi connectivity index (χ2v) is 5.54. The predicted octanol–water partition coefficient (Wildman–Crippen LogP) is 3.16. The van der Waals surface area contributed by atoms with Gasteiger partial charge in [-0.3, -0.25) is 4.79 Å². The van der Waals surface area contributed by atoms with Crippen LogP contribution in [-0.4, -0.2) is 17.6 Å². The number of unbranched alkanes of at least 4 members (excludes halogenated alkanes) is 3. The fourth-order valence-corrected chi connectivity index (χ4v) is 2.28. The number of rotatable bonds is 8. The van der Waals surface area contributed by atoms with Gasteiger partial charge in [-0.05, 0) is 39.0 Å². The summed E-state index contributed by atoms with van der Waals surface area (Å²) in [6.45, 7) is 4.18. The zero-order valence-electron chi connectivity index (χ0n) is 11.3. The molecule has 0 aliphatic heterocycles. The quantitative estimate of drug-likeness (QED) is 0.524. The summed E-state index contributed by atoms with van der Waals surface area (Å²) in [6, 6.07) is 0. The van der Waals surface area contributed by atoms with E-state index in [1.54, 1.807) is 0 Å². The van der Waals surface area contributed by atoms with Gasteiger partial charge >= 0.3 is 5.97 Å². The first-order valence-electron chi connectivity index (χ1n) is 7.04. The summed E-state index contributed by atoms with van der Waals surface area (Å²) < 4.78 is 5.38. The topological polar surface area (TPSA) is 52.3 Å². The number of nitrogens with two attached hydrogens (primary N) is 1. The van der Waals surface area contributed by atoms with Crippen LogP contribution in [0.25, 0.3) is 0 Å². The first-order valence-corrected chi connectivity index (χ1v) is 7.04. The van der Waals surface area contributed by atoms with Gasteiger partial charge in [0.2, 0.25) is 0 Å². The molecule has 100 valence electrons. The molecule has 0 aromatic carbocycles. The second-order valence-electron chi connectivity index (χ2n) is 5.54. The van der Waals surface area contributed by atoms with Gasteiger partial charge in [0.1, 0.15) is 0 Å². The summed E-state index contributed by atoms with van der Waals surface area (Å²) in [6.07, 6.45) is 9.39. The van der Waals surface area contributed by atoms with Gasteiger partial charge in [0.25, 0.3) is 0 Å². The number of carbonyl (C=O) groups excluding carboxylic acids is 1. The van der Waals surface area contributed by atoms with Crippen LogP contribution in [0.2, 0.25) is 0 Å². The summed E-state index contributed by atoms with van der Waals surface area (Å²) in [5.41, 5.74) is 5.77. The summed E-state index contributed by atoms with van der Waals surface area (Å²) >= 11 is 0. The van der Waals surface area contributed by atoms with Gasteiger partial charge < -0.3 is 10.5 Å². The molecular formula is C14H27NO2. The van der Waals surface area contributed by atoms with Crippen LogP contribution in [0.3, 0.4) is 0 Å². The Morgan fingerprint density at radius 2 is 2.06 bits per heavy atom. The average Bonchev–Trinajstić information content (AvgIpc) is 2.22. The third kappa shape index (κ3) is 5.53. The maximum absolute atomic E-state index is 11.6. The van der Waals surface area contributed by atoms with E-state index in [9.17, 15) is 4.79 Å². The first kappa shape index (κ1) is 14.5. The molecule has 3 nitrogen and oxygen atoms in total. The molecule has 1 aliphatic rings. The number of hydrogen-bond donors (Lipinski definition) is 1. The van der Waals surface area contributed by atoms with Gasteiger partial charge in [0.15, 0.2) is 0 Å². The Morgan fingerprint density at radius 3 is 2.59 bits per heavy atom. The standard InChI is InChI=1S/C14H27NO2/c1-3-4-5-6-8-12(2)17-13(16)11-14(15)9-7-10-14/h12H,3-11,15H2,1-2H3. The van der Waals surface area contributed by atoms with Crippen molar-refractivity contribution >= 4 is 5.97 Å². The number of esters is 1. The lowest BCUT2D eigenvalue weighted by Crippen LogP contribution is -2.48. The molecule has 1 unspecified atom stereocenters. The van der Waals surface area contributed by atoms with Gasteiger partial charge in [-0.25, -0.2) is 0 Å². The molecule has 1 rings (SSSR count). The van der Waals surface area contributed by atoms with Crippen LogP contribution in [0.15, 0.2) is 0 Å². The second kappa shape index (κ2) is 7.00. The third-order valence-electron chi connectivity index (χ3n) is 3.64. The SMILES string of the molecule is CCCCCCC(C)OC(=O)CC1(N)CCC1. The van der Waals surface area contributed by atoms with Crippen molar-refractivity contribution in [2.45, 2.75) is 83.3 Å². The van der Waals surface area contributed by atoms with Gasteiger partial charge in [0.05, 0.1) is 12.5 Å². The van der Waals surface area contributed by atoms with Crippen molar-refractivity contribution in [3.8, 4) is 0 Å².